The summed E-state index contributed by atoms with van der Waals surface area (Å²) in [5, 5.41) is 8.92. The molecule has 0 saturated carbocycles. The molecule has 0 heterocycles. The summed E-state index contributed by atoms with van der Waals surface area (Å²) >= 11 is 0. The van der Waals surface area contributed by atoms with E-state index in [1.807, 2.05) is 0 Å². The van der Waals surface area contributed by atoms with E-state index in [0.717, 1.165) is 18.2 Å². The second-order valence-corrected chi connectivity index (χ2v) is 1.83. The highest BCUT2D eigenvalue weighted by Crippen LogP contribution is 2.25. The van der Waals surface area contributed by atoms with Gasteiger partial charge < -0.3 is 9.84 Å². The van der Waals surface area contributed by atoms with Gasteiger partial charge in [-0.1, -0.05) is 0 Å². The molecular formula is C7H5FO3. The van der Waals surface area contributed by atoms with Crippen LogP contribution in [0.2, 0.25) is 0 Å². The monoisotopic (exact) mass is 156 g/mol. The van der Waals surface area contributed by atoms with Gasteiger partial charge >= 0.3 is 0 Å². The van der Waals surface area contributed by atoms with Crippen molar-refractivity contribution < 1.29 is 19.0 Å². The number of phenolic OH excluding ortho intramolecular Hbond substituents is 1. The van der Waals surface area contributed by atoms with Gasteiger partial charge in [0.1, 0.15) is 5.82 Å². The lowest BCUT2D eigenvalue weighted by Gasteiger charge is -1.99. The van der Waals surface area contributed by atoms with Crippen LogP contribution in [0.25, 0.3) is 0 Å². The van der Waals surface area contributed by atoms with E-state index in [-0.39, 0.29) is 18.0 Å². The maximum atomic E-state index is 12.4. The quantitative estimate of drug-likeness (QED) is 0.651. The number of hydrogen-bond acceptors (Lipinski definition) is 3. The number of carbonyl (C=O) groups excluding carboxylic acids is 1. The summed E-state index contributed by atoms with van der Waals surface area (Å²) in [5.74, 6) is -1.02. The number of ether oxygens (including phenoxy) is 1. The molecule has 0 radical (unpaired) electrons. The topological polar surface area (TPSA) is 46.5 Å². The highest BCUT2D eigenvalue weighted by molar-refractivity contribution is 5.50. The third kappa shape index (κ3) is 1.67. The van der Waals surface area contributed by atoms with E-state index >= 15 is 0 Å². The molecule has 0 atom stereocenters. The van der Waals surface area contributed by atoms with Gasteiger partial charge in [-0.2, -0.15) is 0 Å². The molecular weight excluding hydrogens is 151 g/mol. The normalized spacial score (nSPS) is 9.18. The number of rotatable bonds is 2. The Morgan fingerprint density at radius 3 is 2.91 bits per heavy atom. The van der Waals surface area contributed by atoms with Gasteiger partial charge in [0.15, 0.2) is 11.5 Å². The summed E-state index contributed by atoms with van der Waals surface area (Å²) in [5.41, 5.74) is 0. The second kappa shape index (κ2) is 3.01. The molecule has 1 N–H and O–H groups in total. The van der Waals surface area contributed by atoms with Crippen LogP contribution in [0.3, 0.4) is 0 Å². The Hall–Kier alpha value is -1.58. The van der Waals surface area contributed by atoms with Crippen LogP contribution in [0.1, 0.15) is 0 Å². The van der Waals surface area contributed by atoms with Gasteiger partial charge in [-0.3, -0.25) is 4.79 Å². The van der Waals surface area contributed by atoms with Crippen molar-refractivity contribution in [3.05, 3.63) is 24.0 Å². The van der Waals surface area contributed by atoms with Gasteiger partial charge in [0.05, 0.1) is 0 Å². The fraction of sp³-hybridized carbons (Fsp3) is 0. The van der Waals surface area contributed by atoms with Crippen LogP contribution in [-0.4, -0.2) is 11.6 Å². The summed E-state index contributed by atoms with van der Waals surface area (Å²) in [4.78, 5) is 9.78. The second-order valence-electron chi connectivity index (χ2n) is 1.83. The predicted molar refractivity (Wildman–Crippen MR) is 34.8 cm³/mol. The van der Waals surface area contributed by atoms with E-state index in [1.54, 1.807) is 0 Å². The van der Waals surface area contributed by atoms with Crippen LogP contribution in [0.5, 0.6) is 11.5 Å². The van der Waals surface area contributed by atoms with E-state index in [1.165, 1.54) is 0 Å². The lowest BCUT2D eigenvalue weighted by molar-refractivity contribution is -0.120. The average Bonchev–Trinajstić information content (AvgIpc) is 1.98. The number of phenols is 1. The molecule has 0 fully saturated rings. The zero-order valence-electron chi connectivity index (χ0n) is 5.45. The summed E-state index contributed by atoms with van der Waals surface area (Å²) in [6.45, 7) is 0.120. The van der Waals surface area contributed by atoms with Crippen molar-refractivity contribution in [3.8, 4) is 11.5 Å². The zero-order valence-corrected chi connectivity index (χ0v) is 5.45. The minimum Gasteiger partial charge on any atom is -0.504 e. The number of halogens is 1. The van der Waals surface area contributed by atoms with Gasteiger partial charge in [-0.25, -0.2) is 4.39 Å². The average molecular weight is 156 g/mol. The number of carbonyl (C=O) groups is 1. The summed E-state index contributed by atoms with van der Waals surface area (Å²) in [6, 6.07) is 3.09. The van der Waals surface area contributed by atoms with E-state index in [0.29, 0.717) is 0 Å². The van der Waals surface area contributed by atoms with Crippen molar-refractivity contribution in [3.63, 3.8) is 0 Å². The fourth-order valence-electron chi connectivity index (χ4n) is 0.634. The smallest absolute Gasteiger partial charge is 0.298 e. The highest BCUT2D eigenvalue weighted by atomic mass is 19.1. The number of benzene rings is 1. The molecule has 3 nitrogen and oxygen atoms in total. The van der Waals surface area contributed by atoms with Gasteiger partial charge in [0.25, 0.3) is 6.47 Å². The van der Waals surface area contributed by atoms with Crippen molar-refractivity contribution in [2.45, 2.75) is 0 Å². The first-order valence-electron chi connectivity index (χ1n) is 2.83. The molecule has 0 amide bonds. The molecule has 0 aliphatic rings. The molecule has 0 aliphatic carbocycles. The van der Waals surface area contributed by atoms with Gasteiger partial charge in [-0.05, 0) is 12.1 Å². The standard InChI is InChI=1S/C7H5FO3/c8-5-1-2-6(10)7(3-5)11-4-9/h1-4,10H. The first kappa shape index (κ1) is 7.53. The Labute approximate surface area is 62.0 Å². The molecule has 0 saturated heterocycles. The molecule has 0 unspecified atom stereocenters. The largest absolute Gasteiger partial charge is 0.504 e. The summed E-state index contributed by atoms with van der Waals surface area (Å²) in [6.07, 6.45) is 0. The Morgan fingerprint density at radius 1 is 1.55 bits per heavy atom. The molecule has 1 aromatic rings. The maximum absolute atomic E-state index is 12.4. The lowest BCUT2D eigenvalue weighted by atomic mass is 10.3. The minimum atomic E-state index is -0.570. The van der Waals surface area contributed by atoms with Crippen molar-refractivity contribution in [1.82, 2.24) is 0 Å². The molecule has 0 spiro atoms. The molecule has 58 valence electrons. The third-order valence-corrected chi connectivity index (χ3v) is 1.10. The number of hydrogen-bond donors (Lipinski definition) is 1. The van der Waals surface area contributed by atoms with Crippen LogP contribution in [-0.2, 0) is 4.79 Å². The van der Waals surface area contributed by atoms with Gasteiger partial charge in [0.2, 0.25) is 0 Å². The first-order chi connectivity index (χ1) is 5.24. The molecule has 0 bridgehead atoms. The van der Waals surface area contributed by atoms with Gasteiger partial charge in [-0.15, -0.1) is 0 Å². The molecule has 11 heavy (non-hydrogen) atoms. The van der Waals surface area contributed by atoms with E-state index in [2.05, 4.69) is 4.74 Å². The molecule has 0 aromatic heterocycles. The third-order valence-electron chi connectivity index (χ3n) is 1.10. The summed E-state index contributed by atoms with van der Waals surface area (Å²) < 4.78 is 16.6. The van der Waals surface area contributed by atoms with Crippen LogP contribution < -0.4 is 4.74 Å². The highest BCUT2D eigenvalue weighted by Gasteiger charge is 2.02. The van der Waals surface area contributed by atoms with Crippen LogP contribution in [0, 0.1) is 5.82 Å². The Balaban J connectivity index is 3.01. The minimum absolute atomic E-state index is 0.120. The van der Waals surface area contributed by atoms with Crippen molar-refractivity contribution in [2.24, 2.45) is 0 Å². The Bertz CT molecular complexity index is 272. The van der Waals surface area contributed by atoms with Gasteiger partial charge in [0, 0.05) is 6.07 Å². The van der Waals surface area contributed by atoms with Crippen molar-refractivity contribution in [1.29, 1.82) is 0 Å². The SMILES string of the molecule is O=COc1cc(F)ccc1O. The maximum Gasteiger partial charge on any atom is 0.298 e. The van der Waals surface area contributed by atoms with E-state index in [9.17, 15) is 9.18 Å². The van der Waals surface area contributed by atoms with Crippen LogP contribution >= 0.6 is 0 Å². The van der Waals surface area contributed by atoms with E-state index in [4.69, 9.17) is 5.11 Å². The molecule has 1 aromatic carbocycles. The first-order valence-corrected chi connectivity index (χ1v) is 2.83. The zero-order chi connectivity index (χ0) is 8.27. The molecule has 1 rings (SSSR count). The Kier molecular flexibility index (Phi) is 2.06. The van der Waals surface area contributed by atoms with Crippen molar-refractivity contribution in [2.75, 3.05) is 0 Å². The fourth-order valence-corrected chi connectivity index (χ4v) is 0.634. The van der Waals surface area contributed by atoms with Crippen molar-refractivity contribution >= 4 is 6.47 Å². The molecule has 4 heteroatoms. The predicted octanol–water partition coefficient (Wildman–Crippen LogP) is 1.07. The lowest BCUT2D eigenvalue weighted by Crippen LogP contribution is -1.89. The number of aromatic hydroxyl groups is 1. The van der Waals surface area contributed by atoms with E-state index < -0.39 is 5.82 Å². The molecule has 0 aliphatic heterocycles. The van der Waals surface area contributed by atoms with Crippen LogP contribution in [0.4, 0.5) is 4.39 Å². The summed E-state index contributed by atoms with van der Waals surface area (Å²) in [7, 11) is 0. The Morgan fingerprint density at radius 2 is 2.27 bits per heavy atom. The van der Waals surface area contributed by atoms with Crippen LogP contribution in [0.15, 0.2) is 18.2 Å².